The van der Waals surface area contributed by atoms with Gasteiger partial charge in [0.15, 0.2) is 5.69 Å². The molecule has 6 heteroatoms. The van der Waals surface area contributed by atoms with Gasteiger partial charge >= 0.3 is 0 Å². The molecule has 1 aliphatic rings. The Morgan fingerprint density at radius 3 is 2.46 bits per heavy atom. The van der Waals surface area contributed by atoms with Crippen LogP contribution in [-0.4, -0.2) is 16.1 Å². The number of aromatic amines is 1. The van der Waals surface area contributed by atoms with E-state index in [0.717, 1.165) is 18.4 Å². The van der Waals surface area contributed by atoms with E-state index in [1.165, 1.54) is 6.42 Å². The maximum atomic E-state index is 12.9. The highest BCUT2D eigenvalue weighted by Crippen LogP contribution is 2.38. The van der Waals surface area contributed by atoms with Crippen LogP contribution in [0.3, 0.4) is 0 Å². The molecule has 1 aromatic heterocycles. The highest BCUT2D eigenvalue weighted by molar-refractivity contribution is 6.30. The first-order valence-corrected chi connectivity index (χ1v) is 9.05. The van der Waals surface area contributed by atoms with Gasteiger partial charge in [-0.25, -0.2) is 5.10 Å². The first kappa shape index (κ1) is 16.8. The lowest BCUT2D eigenvalue weighted by molar-refractivity contribution is 0.0896. The van der Waals surface area contributed by atoms with Gasteiger partial charge in [0, 0.05) is 10.4 Å². The van der Waals surface area contributed by atoms with Crippen LogP contribution < -0.4 is 10.9 Å². The Bertz CT molecular complexity index is 1010. The Balaban J connectivity index is 1.68. The summed E-state index contributed by atoms with van der Waals surface area (Å²) in [4.78, 5) is 24.9. The number of aromatic nitrogens is 2. The molecule has 0 bridgehead atoms. The fraction of sp³-hybridized carbons (Fsp3) is 0.250. The average Bonchev–Trinajstić information content (AvgIpc) is 2.61. The molecule has 0 saturated heterocycles. The van der Waals surface area contributed by atoms with Gasteiger partial charge in [-0.15, -0.1) is 0 Å². The van der Waals surface area contributed by atoms with E-state index in [4.69, 9.17) is 11.6 Å². The molecule has 0 radical (unpaired) electrons. The van der Waals surface area contributed by atoms with E-state index in [0.29, 0.717) is 21.7 Å². The SMILES string of the molecule is O=C(NC(c1ccc(Cl)cc1)C1CCC1)c1n[nH]c(=O)c2ccccc12. The number of amides is 1. The molecule has 1 heterocycles. The largest absolute Gasteiger partial charge is 0.344 e. The molecule has 5 nitrogen and oxygen atoms in total. The van der Waals surface area contributed by atoms with Crippen molar-refractivity contribution in [3.8, 4) is 0 Å². The fourth-order valence-corrected chi connectivity index (χ4v) is 3.54. The van der Waals surface area contributed by atoms with E-state index < -0.39 is 0 Å². The number of rotatable bonds is 4. The zero-order valence-corrected chi connectivity index (χ0v) is 14.8. The standard InChI is InChI=1S/C20H18ClN3O2/c21-14-10-8-13(9-11-14)17(12-4-3-5-12)22-20(26)18-15-6-1-2-7-16(15)19(25)24-23-18/h1-2,6-12,17H,3-5H2,(H,22,26)(H,24,25). The number of hydrogen-bond donors (Lipinski definition) is 2. The van der Waals surface area contributed by atoms with Crippen LogP contribution in [0.1, 0.15) is 41.4 Å². The molecule has 0 aliphatic heterocycles. The number of nitrogens with one attached hydrogen (secondary N) is 2. The highest BCUT2D eigenvalue weighted by Gasteiger charge is 2.30. The van der Waals surface area contributed by atoms with Crippen LogP contribution in [0.2, 0.25) is 5.02 Å². The Kier molecular flexibility index (Phi) is 4.47. The topological polar surface area (TPSA) is 74.8 Å². The van der Waals surface area contributed by atoms with Crippen molar-refractivity contribution in [2.45, 2.75) is 25.3 Å². The number of benzene rings is 2. The summed E-state index contributed by atoms with van der Waals surface area (Å²) in [5.41, 5.74) is 0.963. The normalized spacial score (nSPS) is 15.4. The lowest BCUT2D eigenvalue weighted by Crippen LogP contribution is -2.37. The summed E-state index contributed by atoms with van der Waals surface area (Å²) < 4.78 is 0. The molecule has 1 unspecified atom stereocenters. The second-order valence-corrected chi connectivity index (χ2v) is 7.08. The fourth-order valence-electron chi connectivity index (χ4n) is 3.41. The van der Waals surface area contributed by atoms with Crippen LogP contribution in [0.25, 0.3) is 10.8 Å². The Labute approximate surface area is 155 Å². The van der Waals surface area contributed by atoms with Crippen molar-refractivity contribution in [1.82, 2.24) is 15.5 Å². The summed E-state index contributed by atoms with van der Waals surface area (Å²) in [6.07, 6.45) is 3.32. The lowest BCUT2D eigenvalue weighted by atomic mass is 9.77. The van der Waals surface area contributed by atoms with Gasteiger partial charge in [-0.2, -0.15) is 5.10 Å². The van der Waals surface area contributed by atoms with Crippen LogP contribution in [0.15, 0.2) is 53.3 Å². The van der Waals surface area contributed by atoms with E-state index in [1.54, 1.807) is 24.3 Å². The zero-order chi connectivity index (χ0) is 18.1. The Hall–Kier alpha value is -2.66. The molecule has 2 aromatic carbocycles. The molecule has 1 atom stereocenters. The van der Waals surface area contributed by atoms with Gasteiger partial charge in [0.05, 0.1) is 11.4 Å². The number of halogens is 1. The Morgan fingerprint density at radius 2 is 1.81 bits per heavy atom. The molecule has 0 spiro atoms. The van der Waals surface area contributed by atoms with Gasteiger partial charge < -0.3 is 5.32 Å². The van der Waals surface area contributed by atoms with Crippen LogP contribution in [0, 0.1) is 5.92 Å². The maximum Gasteiger partial charge on any atom is 0.272 e. The smallest absolute Gasteiger partial charge is 0.272 e. The van der Waals surface area contributed by atoms with Crippen LogP contribution in [-0.2, 0) is 0 Å². The number of H-pyrrole nitrogens is 1. The third-order valence-corrected chi connectivity index (χ3v) is 5.30. The number of hydrogen-bond acceptors (Lipinski definition) is 3. The van der Waals surface area contributed by atoms with Gasteiger partial charge in [0.1, 0.15) is 0 Å². The minimum absolute atomic E-state index is 0.0963. The maximum absolute atomic E-state index is 12.9. The van der Waals surface area contributed by atoms with Gasteiger partial charge in [-0.1, -0.05) is 48.4 Å². The van der Waals surface area contributed by atoms with Crippen molar-refractivity contribution in [1.29, 1.82) is 0 Å². The lowest BCUT2D eigenvalue weighted by Gasteiger charge is -2.34. The minimum atomic E-state index is -0.301. The molecule has 1 saturated carbocycles. The summed E-state index contributed by atoms with van der Waals surface area (Å²) in [6, 6.07) is 14.5. The predicted octanol–water partition coefficient (Wildman–Crippen LogP) is 3.85. The van der Waals surface area contributed by atoms with Crippen molar-refractivity contribution in [2.75, 3.05) is 0 Å². The molecule has 1 amide bonds. The van der Waals surface area contributed by atoms with Crippen molar-refractivity contribution in [3.63, 3.8) is 0 Å². The van der Waals surface area contributed by atoms with E-state index in [-0.39, 0.29) is 23.2 Å². The summed E-state index contributed by atoms with van der Waals surface area (Å²) in [5.74, 6) is 0.110. The molecule has 1 fully saturated rings. The molecule has 2 N–H and O–H groups in total. The first-order valence-electron chi connectivity index (χ1n) is 8.67. The first-order chi connectivity index (χ1) is 12.6. The summed E-state index contributed by atoms with van der Waals surface area (Å²) in [6.45, 7) is 0. The summed E-state index contributed by atoms with van der Waals surface area (Å²) in [7, 11) is 0. The van der Waals surface area contributed by atoms with Gasteiger partial charge in [-0.3, -0.25) is 9.59 Å². The number of fused-ring (bicyclic) bond motifs is 1. The van der Waals surface area contributed by atoms with Crippen LogP contribution in [0.4, 0.5) is 0 Å². The second-order valence-electron chi connectivity index (χ2n) is 6.64. The molecular formula is C20H18ClN3O2. The van der Waals surface area contributed by atoms with Gasteiger partial charge in [0.2, 0.25) is 0 Å². The van der Waals surface area contributed by atoms with E-state index in [9.17, 15) is 9.59 Å². The molecule has 26 heavy (non-hydrogen) atoms. The summed E-state index contributed by atoms with van der Waals surface area (Å²) >= 11 is 5.99. The molecule has 1 aliphatic carbocycles. The molecule has 3 aromatic rings. The van der Waals surface area contributed by atoms with Gasteiger partial charge in [0.25, 0.3) is 11.5 Å². The third kappa shape index (κ3) is 3.10. The molecular weight excluding hydrogens is 350 g/mol. The summed E-state index contributed by atoms with van der Waals surface area (Å²) in [5, 5.41) is 11.2. The van der Waals surface area contributed by atoms with Crippen molar-refractivity contribution in [2.24, 2.45) is 5.92 Å². The van der Waals surface area contributed by atoms with Crippen molar-refractivity contribution < 1.29 is 4.79 Å². The highest BCUT2D eigenvalue weighted by atomic mass is 35.5. The third-order valence-electron chi connectivity index (χ3n) is 5.05. The van der Waals surface area contributed by atoms with E-state index >= 15 is 0 Å². The van der Waals surface area contributed by atoms with Gasteiger partial charge in [-0.05, 0) is 42.5 Å². The molecule has 132 valence electrons. The van der Waals surface area contributed by atoms with Crippen molar-refractivity contribution in [3.05, 3.63) is 75.2 Å². The van der Waals surface area contributed by atoms with E-state index in [1.807, 2.05) is 24.3 Å². The average molecular weight is 368 g/mol. The monoisotopic (exact) mass is 367 g/mol. The van der Waals surface area contributed by atoms with Crippen LogP contribution in [0.5, 0.6) is 0 Å². The zero-order valence-electron chi connectivity index (χ0n) is 14.0. The molecule has 4 rings (SSSR count). The number of carbonyl (C=O) groups is 1. The quantitative estimate of drug-likeness (QED) is 0.735. The van der Waals surface area contributed by atoms with E-state index in [2.05, 4.69) is 15.5 Å². The second kappa shape index (κ2) is 6.92. The predicted molar refractivity (Wildman–Crippen MR) is 101 cm³/mol. The Morgan fingerprint density at radius 1 is 1.12 bits per heavy atom. The number of carbonyl (C=O) groups excluding carboxylic acids is 1. The minimum Gasteiger partial charge on any atom is -0.344 e. The van der Waals surface area contributed by atoms with Crippen LogP contribution >= 0.6 is 11.6 Å². The van der Waals surface area contributed by atoms with Crippen molar-refractivity contribution >= 4 is 28.3 Å². The number of nitrogens with zero attached hydrogens (tertiary/aromatic N) is 1.